The molecule has 14 heteroatoms. The van der Waals surface area contributed by atoms with Gasteiger partial charge in [0.25, 0.3) is 0 Å². The molecule has 0 fully saturated rings. The normalized spacial score (nSPS) is 18.2. The minimum absolute atomic E-state index is 0.00766. The van der Waals surface area contributed by atoms with E-state index in [2.05, 4.69) is 159 Å². The second-order valence-electron chi connectivity index (χ2n) is 25.2. The standard InChI is InChI=1S/C65H110O12Si2/c1-25-26-27-46(3)61(77-79(23,24)65(13,14)15)51(8)60(72-41-53-29-34-55(69-18)35-30-53)49(6)39-45(2)38-48(5)59(75-44-68-17)47(4)28-33-57(74-43-67-16)40-58(76-78(21,22)64(10,11)12)50(7)62(52(9)63(66)71-20)73-42-54-31-36-56(70-19)37-32-54/h25-38,46-52,57-62H,1,39-44H2,2-24H3/b27-26-,33-28-,45-38-/t46-,47-,48-,49-,50-,51-,52+,57+,58-,59-,60+,61-,62-/m0/s1. The lowest BCUT2D eigenvalue weighted by atomic mass is 9.81. The largest absolute Gasteiger partial charge is 0.497 e. The maximum atomic E-state index is 13.3. The Morgan fingerprint density at radius 1 is 0.582 bits per heavy atom. The zero-order valence-corrected chi connectivity index (χ0v) is 55.4. The van der Waals surface area contributed by atoms with E-state index < -0.39 is 34.8 Å². The molecule has 13 atom stereocenters. The lowest BCUT2D eigenvalue weighted by molar-refractivity contribution is -0.155. The number of allylic oxidation sites excluding steroid dienone is 3. The van der Waals surface area contributed by atoms with Gasteiger partial charge in [0, 0.05) is 44.3 Å². The summed E-state index contributed by atoms with van der Waals surface area (Å²) >= 11 is 0. The number of hydrogen-bond acceptors (Lipinski definition) is 12. The van der Waals surface area contributed by atoms with Crippen molar-refractivity contribution in [3.05, 3.63) is 108 Å². The minimum Gasteiger partial charge on any atom is -0.497 e. The van der Waals surface area contributed by atoms with Crippen molar-refractivity contribution in [1.82, 2.24) is 0 Å². The highest BCUT2D eigenvalue weighted by Crippen LogP contribution is 2.42. The third-order valence-corrected chi connectivity index (χ3v) is 25.6. The molecule has 0 spiro atoms. The molecular weight excluding hydrogens is 1030 g/mol. The van der Waals surface area contributed by atoms with Crippen molar-refractivity contribution in [3.8, 4) is 11.5 Å². The Kier molecular flexibility index (Phi) is 31.1. The predicted octanol–water partition coefficient (Wildman–Crippen LogP) is 15.6. The quantitative estimate of drug-likeness (QED) is 0.0211. The second-order valence-corrected chi connectivity index (χ2v) is 34.7. The minimum atomic E-state index is -2.39. The van der Waals surface area contributed by atoms with E-state index in [0.717, 1.165) is 29.0 Å². The molecule has 0 saturated carbocycles. The lowest BCUT2D eigenvalue weighted by Crippen LogP contribution is -2.50. The summed E-state index contributed by atoms with van der Waals surface area (Å²) in [4.78, 5) is 13.3. The van der Waals surface area contributed by atoms with Gasteiger partial charge >= 0.3 is 5.97 Å². The highest BCUT2D eigenvalue weighted by Gasteiger charge is 2.45. The second kappa shape index (κ2) is 34.3. The smallest absolute Gasteiger partial charge is 0.311 e. The fraction of sp³-hybridized carbons (Fsp3) is 0.677. The Labute approximate surface area is 482 Å². The summed E-state index contributed by atoms with van der Waals surface area (Å²) in [6, 6.07) is 15.9. The van der Waals surface area contributed by atoms with Crippen LogP contribution >= 0.6 is 0 Å². The molecule has 0 radical (unpaired) electrons. The van der Waals surface area contributed by atoms with Gasteiger partial charge in [0.05, 0.1) is 77.1 Å². The molecule has 2 aromatic rings. The first kappa shape index (κ1) is 71.7. The number of benzene rings is 2. The van der Waals surface area contributed by atoms with Crippen LogP contribution in [0.4, 0.5) is 0 Å². The fourth-order valence-corrected chi connectivity index (χ4v) is 12.7. The van der Waals surface area contributed by atoms with Crippen molar-refractivity contribution in [1.29, 1.82) is 0 Å². The number of carbonyl (C=O) groups excluding carboxylic acids is 1. The summed E-state index contributed by atoms with van der Waals surface area (Å²) in [7, 11) is 3.44. The molecule has 0 aliphatic carbocycles. The fourth-order valence-electron chi connectivity index (χ4n) is 9.79. The lowest BCUT2D eigenvalue weighted by Gasteiger charge is -2.44. The van der Waals surface area contributed by atoms with Gasteiger partial charge in [-0.1, -0.05) is 156 Å². The van der Waals surface area contributed by atoms with Crippen molar-refractivity contribution in [2.45, 2.75) is 196 Å². The number of carbonyl (C=O) groups is 1. The van der Waals surface area contributed by atoms with E-state index in [4.69, 9.17) is 51.5 Å². The van der Waals surface area contributed by atoms with Crippen molar-refractivity contribution < 1.29 is 56.3 Å². The number of hydrogen-bond donors (Lipinski definition) is 0. The Bertz CT molecular complexity index is 2130. The van der Waals surface area contributed by atoms with Crippen LogP contribution in [0.15, 0.2) is 97.1 Å². The van der Waals surface area contributed by atoms with E-state index in [9.17, 15) is 4.79 Å². The Morgan fingerprint density at radius 3 is 1.53 bits per heavy atom. The Balaban J connectivity index is 2.61. The van der Waals surface area contributed by atoms with Crippen molar-refractivity contribution in [2.75, 3.05) is 49.1 Å². The molecule has 0 unspecified atom stereocenters. The highest BCUT2D eigenvalue weighted by atomic mass is 28.4. The molecule has 0 aromatic heterocycles. The van der Waals surface area contributed by atoms with Crippen LogP contribution in [-0.2, 0) is 60.0 Å². The number of rotatable bonds is 37. The SMILES string of the molecule is C=C/C=C\[C@H](C)[C@H](O[Si](C)(C)C(C)(C)C)[C@@H](C)[C@H](OCc1ccc(OC)cc1)[C@@H](C)C/C(C)=C\[C@H](C)[C@@H](OCOC)[C@@H](C)/C=C\[C@H](C[C@H](O[Si](C)(C)C(C)(C)C)[C@H](C)[C@H](OCc1ccc(OC)cc1)[C@@H](C)C(=O)OC)OCOC. The molecule has 79 heavy (non-hydrogen) atoms. The third-order valence-electron chi connectivity index (χ3n) is 16.6. The molecule has 450 valence electrons. The third kappa shape index (κ3) is 23.4. The Morgan fingerprint density at radius 2 is 1.06 bits per heavy atom. The van der Waals surface area contributed by atoms with Crippen LogP contribution in [0.1, 0.15) is 121 Å². The van der Waals surface area contributed by atoms with E-state index >= 15 is 0 Å². The van der Waals surface area contributed by atoms with Crippen LogP contribution in [0.5, 0.6) is 11.5 Å². The summed E-state index contributed by atoms with van der Waals surface area (Å²) in [5.74, 6) is 0.665. The summed E-state index contributed by atoms with van der Waals surface area (Å²) < 4.78 is 68.7. The molecule has 0 N–H and O–H groups in total. The maximum absolute atomic E-state index is 13.3. The van der Waals surface area contributed by atoms with E-state index in [0.29, 0.717) is 19.6 Å². The maximum Gasteiger partial charge on any atom is 0.311 e. The molecule has 0 bridgehead atoms. The van der Waals surface area contributed by atoms with Gasteiger partial charge in [0.2, 0.25) is 0 Å². The molecule has 2 rings (SSSR count). The summed E-state index contributed by atoms with van der Waals surface area (Å²) in [5, 5.41) is -0.0631. The van der Waals surface area contributed by atoms with Gasteiger partial charge < -0.3 is 51.5 Å². The van der Waals surface area contributed by atoms with Gasteiger partial charge in [-0.25, -0.2) is 0 Å². The predicted molar refractivity (Wildman–Crippen MR) is 328 cm³/mol. The van der Waals surface area contributed by atoms with Crippen molar-refractivity contribution >= 4 is 22.6 Å². The van der Waals surface area contributed by atoms with Gasteiger partial charge in [0.15, 0.2) is 16.6 Å². The van der Waals surface area contributed by atoms with Gasteiger partial charge in [-0.3, -0.25) is 4.79 Å². The summed E-state index contributed by atoms with van der Waals surface area (Å²) in [6.07, 6.45) is 12.3. The highest BCUT2D eigenvalue weighted by molar-refractivity contribution is 6.74. The molecule has 0 amide bonds. The molecule has 0 aliphatic heterocycles. The summed E-state index contributed by atoms with van der Waals surface area (Å²) in [6.45, 7) is 45.2. The van der Waals surface area contributed by atoms with E-state index in [-0.39, 0.29) is 89.6 Å². The van der Waals surface area contributed by atoms with E-state index in [1.54, 1.807) is 28.4 Å². The van der Waals surface area contributed by atoms with Crippen LogP contribution in [-0.4, -0.2) is 108 Å². The van der Waals surface area contributed by atoms with E-state index in [1.807, 2.05) is 55.5 Å². The molecule has 0 aliphatic rings. The van der Waals surface area contributed by atoms with Crippen LogP contribution in [0.25, 0.3) is 0 Å². The first-order chi connectivity index (χ1) is 36.9. The molecule has 0 saturated heterocycles. The van der Waals surface area contributed by atoms with Gasteiger partial charge in [-0.2, -0.15) is 0 Å². The number of esters is 1. The van der Waals surface area contributed by atoms with Crippen LogP contribution in [0, 0.1) is 41.4 Å². The first-order valence-corrected chi connectivity index (χ1v) is 34.5. The molecule has 12 nitrogen and oxygen atoms in total. The zero-order valence-electron chi connectivity index (χ0n) is 53.4. The molecular formula is C65H110O12Si2. The Hall–Kier alpha value is -3.42. The van der Waals surface area contributed by atoms with Crippen LogP contribution < -0.4 is 9.47 Å². The molecule has 2 aromatic carbocycles. The van der Waals surface area contributed by atoms with Crippen LogP contribution in [0.2, 0.25) is 36.3 Å². The van der Waals surface area contributed by atoms with Gasteiger partial charge in [-0.15, -0.1) is 0 Å². The van der Waals surface area contributed by atoms with Gasteiger partial charge in [0.1, 0.15) is 25.1 Å². The van der Waals surface area contributed by atoms with Crippen molar-refractivity contribution in [3.63, 3.8) is 0 Å². The van der Waals surface area contributed by atoms with Crippen molar-refractivity contribution in [2.24, 2.45) is 41.4 Å². The summed E-state index contributed by atoms with van der Waals surface area (Å²) in [5.41, 5.74) is 3.30. The molecule has 0 heterocycles. The van der Waals surface area contributed by atoms with E-state index in [1.165, 1.54) is 12.7 Å². The average Bonchev–Trinajstić information content (AvgIpc) is 3.39. The average molecular weight is 1140 g/mol. The number of methoxy groups -OCH3 is 5. The number of ether oxygens (including phenoxy) is 9. The monoisotopic (exact) mass is 1140 g/mol. The first-order valence-electron chi connectivity index (χ1n) is 28.7. The van der Waals surface area contributed by atoms with Crippen LogP contribution in [0.3, 0.4) is 0 Å². The van der Waals surface area contributed by atoms with Gasteiger partial charge in [-0.05, 0) is 104 Å². The topological polar surface area (TPSA) is 119 Å². The zero-order chi connectivity index (χ0) is 59.9.